The topological polar surface area (TPSA) is 55.6 Å². The molecule has 2 aliphatic rings. The molecule has 4 nitrogen and oxygen atoms in total. The molecule has 0 aliphatic heterocycles. The molecule has 2 aliphatic carbocycles. The van der Waals surface area contributed by atoms with Crippen molar-refractivity contribution in [3.63, 3.8) is 0 Å². The molecular weight excluding hydrogens is 252 g/mol. The average molecular weight is 282 g/mol. The molecule has 2 saturated carbocycles. The van der Waals surface area contributed by atoms with Gasteiger partial charge in [-0.05, 0) is 39.5 Å². The fraction of sp³-hybridized carbons (Fsp3) is 0.938. The van der Waals surface area contributed by atoms with Crippen molar-refractivity contribution >= 4 is 5.91 Å². The van der Waals surface area contributed by atoms with Crippen LogP contribution in [0.1, 0.15) is 53.9 Å². The summed E-state index contributed by atoms with van der Waals surface area (Å²) in [6.45, 7) is 11.8. The average Bonchev–Trinajstić information content (AvgIpc) is 3.18. The first-order valence-electron chi connectivity index (χ1n) is 7.95. The van der Waals surface area contributed by atoms with Crippen molar-refractivity contribution in [3.05, 3.63) is 0 Å². The predicted octanol–water partition coefficient (Wildman–Crippen LogP) is 2.17. The predicted molar refractivity (Wildman–Crippen MR) is 80.3 cm³/mol. The summed E-state index contributed by atoms with van der Waals surface area (Å²) in [5, 5.41) is 0. The fourth-order valence-corrected chi connectivity index (χ4v) is 3.16. The van der Waals surface area contributed by atoms with E-state index in [1.165, 1.54) is 12.8 Å². The molecule has 20 heavy (non-hydrogen) atoms. The first-order chi connectivity index (χ1) is 9.24. The summed E-state index contributed by atoms with van der Waals surface area (Å²) in [4.78, 5) is 15.0. The van der Waals surface area contributed by atoms with Crippen molar-refractivity contribution in [3.8, 4) is 0 Å². The lowest BCUT2D eigenvalue weighted by Gasteiger charge is -2.59. The highest BCUT2D eigenvalue weighted by molar-refractivity contribution is 5.89. The van der Waals surface area contributed by atoms with Crippen molar-refractivity contribution < 1.29 is 9.53 Å². The smallest absolute Gasteiger partial charge is 0.243 e. The Morgan fingerprint density at radius 2 is 2.00 bits per heavy atom. The second kappa shape index (κ2) is 5.30. The number of hydrogen-bond acceptors (Lipinski definition) is 3. The quantitative estimate of drug-likeness (QED) is 0.812. The third kappa shape index (κ3) is 2.48. The maximum atomic E-state index is 13.0. The Hall–Kier alpha value is -0.610. The van der Waals surface area contributed by atoms with Crippen LogP contribution in [0.2, 0.25) is 0 Å². The number of nitrogens with zero attached hydrogens (tertiary/aromatic N) is 1. The SMILES string of the molecule is CCOC1CC(N)(C(=O)N(CC2CC2)C(C)C)C1(C)C. The van der Waals surface area contributed by atoms with E-state index in [0.29, 0.717) is 18.9 Å². The zero-order valence-electron chi connectivity index (χ0n) is 13.6. The van der Waals surface area contributed by atoms with Crippen LogP contribution in [0, 0.1) is 11.3 Å². The molecular formula is C16H30N2O2. The summed E-state index contributed by atoms with van der Waals surface area (Å²) < 4.78 is 5.72. The Bertz CT molecular complexity index is 377. The second-order valence-corrected chi connectivity index (χ2v) is 7.34. The van der Waals surface area contributed by atoms with Crippen molar-refractivity contribution in [1.29, 1.82) is 0 Å². The molecule has 2 N–H and O–H groups in total. The van der Waals surface area contributed by atoms with Crippen LogP contribution < -0.4 is 5.73 Å². The van der Waals surface area contributed by atoms with E-state index in [-0.39, 0.29) is 23.5 Å². The van der Waals surface area contributed by atoms with Crippen LogP contribution in [-0.4, -0.2) is 41.6 Å². The number of nitrogens with two attached hydrogens (primary N) is 1. The summed E-state index contributed by atoms with van der Waals surface area (Å²) in [6, 6.07) is 0.213. The molecule has 2 rings (SSSR count). The van der Waals surface area contributed by atoms with E-state index in [2.05, 4.69) is 27.7 Å². The molecule has 0 aromatic heterocycles. The summed E-state index contributed by atoms with van der Waals surface area (Å²) in [6.07, 6.45) is 3.23. The lowest BCUT2D eigenvalue weighted by molar-refractivity contribution is -0.180. The normalized spacial score (nSPS) is 32.0. The van der Waals surface area contributed by atoms with Crippen molar-refractivity contribution in [1.82, 2.24) is 4.90 Å². The molecule has 2 atom stereocenters. The molecule has 2 unspecified atom stereocenters. The molecule has 0 aromatic carbocycles. The molecule has 0 saturated heterocycles. The first-order valence-corrected chi connectivity index (χ1v) is 7.95. The Morgan fingerprint density at radius 1 is 1.40 bits per heavy atom. The van der Waals surface area contributed by atoms with Crippen LogP contribution in [0.4, 0.5) is 0 Å². The number of hydrogen-bond donors (Lipinski definition) is 1. The number of rotatable bonds is 6. The Kier molecular flexibility index (Phi) is 4.18. The van der Waals surface area contributed by atoms with Gasteiger partial charge in [0.15, 0.2) is 0 Å². The fourth-order valence-electron chi connectivity index (χ4n) is 3.16. The monoisotopic (exact) mass is 282 g/mol. The Labute approximate surface area is 123 Å². The van der Waals surface area contributed by atoms with Crippen molar-refractivity contribution in [2.24, 2.45) is 17.1 Å². The highest BCUT2D eigenvalue weighted by Gasteiger charge is 2.64. The molecule has 0 aromatic rings. The molecule has 0 bridgehead atoms. The van der Waals surface area contributed by atoms with Gasteiger partial charge in [-0.25, -0.2) is 0 Å². The first kappa shape index (κ1) is 15.8. The minimum absolute atomic E-state index is 0.0939. The van der Waals surface area contributed by atoms with Crippen molar-refractivity contribution in [2.45, 2.75) is 71.6 Å². The van der Waals surface area contributed by atoms with Crippen LogP contribution in [0.25, 0.3) is 0 Å². The van der Waals surface area contributed by atoms with Gasteiger partial charge in [0.25, 0.3) is 0 Å². The molecule has 116 valence electrons. The van der Waals surface area contributed by atoms with Gasteiger partial charge < -0.3 is 15.4 Å². The second-order valence-electron chi connectivity index (χ2n) is 7.34. The number of carbonyl (C=O) groups is 1. The maximum Gasteiger partial charge on any atom is 0.243 e. The minimum Gasteiger partial charge on any atom is -0.378 e. The van der Waals surface area contributed by atoms with Gasteiger partial charge in [-0.1, -0.05) is 13.8 Å². The molecule has 4 heteroatoms. The Balaban J connectivity index is 2.10. The number of amides is 1. The van der Waals surface area contributed by atoms with Crippen LogP contribution in [0.5, 0.6) is 0 Å². The summed E-state index contributed by atoms with van der Waals surface area (Å²) in [5.74, 6) is 0.802. The zero-order chi connectivity index (χ0) is 15.1. The highest BCUT2D eigenvalue weighted by atomic mass is 16.5. The van der Waals surface area contributed by atoms with Crippen LogP contribution in [-0.2, 0) is 9.53 Å². The maximum absolute atomic E-state index is 13.0. The number of carbonyl (C=O) groups excluding carboxylic acids is 1. The lowest BCUT2D eigenvalue weighted by Crippen LogP contribution is -2.76. The highest BCUT2D eigenvalue weighted by Crippen LogP contribution is 2.51. The van der Waals surface area contributed by atoms with Gasteiger partial charge in [0.1, 0.15) is 5.54 Å². The third-order valence-electron chi connectivity index (χ3n) is 5.25. The summed E-state index contributed by atoms with van der Waals surface area (Å²) in [7, 11) is 0. The van der Waals surface area contributed by atoms with E-state index >= 15 is 0 Å². The lowest BCUT2D eigenvalue weighted by atomic mass is 9.54. The standard InChI is InChI=1S/C16H30N2O2/c1-6-20-13-9-16(17,15(13,4)5)14(19)18(11(2)3)10-12-7-8-12/h11-13H,6-10,17H2,1-5H3. The zero-order valence-corrected chi connectivity index (χ0v) is 13.6. The van der Waals surface area contributed by atoms with Gasteiger partial charge >= 0.3 is 0 Å². The molecule has 0 spiro atoms. The molecule has 0 radical (unpaired) electrons. The third-order valence-corrected chi connectivity index (χ3v) is 5.25. The van der Waals surface area contributed by atoms with E-state index in [4.69, 9.17) is 10.5 Å². The van der Waals surface area contributed by atoms with Crippen LogP contribution in [0.3, 0.4) is 0 Å². The molecule has 1 amide bonds. The minimum atomic E-state index is -0.772. The van der Waals surface area contributed by atoms with Gasteiger partial charge in [0.2, 0.25) is 5.91 Å². The van der Waals surface area contributed by atoms with E-state index in [9.17, 15) is 4.79 Å². The molecule has 0 heterocycles. The van der Waals surface area contributed by atoms with Gasteiger partial charge in [-0.2, -0.15) is 0 Å². The summed E-state index contributed by atoms with van der Waals surface area (Å²) >= 11 is 0. The Morgan fingerprint density at radius 3 is 2.40 bits per heavy atom. The van der Waals surface area contributed by atoms with Gasteiger partial charge in [0.05, 0.1) is 6.10 Å². The van der Waals surface area contributed by atoms with Crippen LogP contribution >= 0.6 is 0 Å². The van der Waals surface area contributed by atoms with E-state index < -0.39 is 5.54 Å². The number of ether oxygens (including phenoxy) is 1. The van der Waals surface area contributed by atoms with Crippen molar-refractivity contribution in [2.75, 3.05) is 13.2 Å². The van der Waals surface area contributed by atoms with Gasteiger partial charge in [-0.15, -0.1) is 0 Å². The largest absolute Gasteiger partial charge is 0.378 e. The van der Waals surface area contributed by atoms with Gasteiger partial charge in [0, 0.05) is 31.0 Å². The summed E-state index contributed by atoms with van der Waals surface area (Å²) in [5.41, 5.74) is 5.44. The van der Waals surface area contributed by atoms with Gasteiger partial charge in [-0.3, -0.25) is 4.79 Å². The van der Waals surface area contributed by atoms with E-state index in [1.54, 1.807) is 0 Å². The molecule has 2 fully saturated rings. The van der Waals surface area contributed by atoms with E-state index in [0.717, 1.165) is 6.54 Å². The van der Waals surface area contributed by atoms with Crippen LogP contribution in [0.15, 0.2) is 0 Å². The van der Waals surface area contributed by atoms with E-state index in [1.807, 2.05) is 11.8 Å².